The molecule has 132 valence electrons. The summed E-state index contributed by atoms with van der Waals surface area (Å²) in [6, 6.07) is 5.09. The summed E-state index contributed by atoms with van der Waals surface area (Å²) in [7, 11) is 0. The van der Waals surface area contributed by atoms with Gasteiger partial charge in [0.1, 0.15) is 6.04 Å². The van der Waals surface area contributed by atoms with Crippen molar-refractivity contribution in [2.24, 2.45) is 0 Å². The molecule has 5 nitrogen and oxygen atoms in total. The lowest BCUT2D eigenvalue weighted by molar-refractivity contribution is -0.136. The molecule has 0 bridgehead atoms. The predicted octanol–water partition coefficient (Wildman–Crippen LogP) is 3.22. The van der Waals surface area contributed by atoms with E-state index in [1.807, 2.05) is 46.1 Å². The fraction of sp³-hybridized carbons (Fsp3) is 0.500. The van der Waals surface area contributed by atoms with Gasteiger partial charge in [-0.15, -0.1) is 11.8 Å². The van der Waals surface area contributed by atoms with Crippen LogP contribution in [0.1, 0.15) is 56.5 Å². The van der Waals surface area contributed by atoms with Gasteiger partial charge in [-0.2, -0.15) is 0 Å². The first-order valence-corrected chi connectivity index (χ1v) is 9.65. The van der Waals surface area contributed by atoms with Crippen LogP contribution in [0, 0.1) is 0 Å². The number of thioether (sulfide) groups is 1. The van der Waals surface area contributed by atoms with Gasteiger partial charge in [-0.05, 0) is 30.4 Å². The lowest BCUT2D eigenvalue weighted by Gasteiger charge is -2.29. The van der Waals surface area contributed by atoms with Crippen LogP contribution in [0.2, 0.25) is 0 Å². The standard InChI is InChI=1S/C14H14N2O3S.2C2H6/c1-20-11-4-2-3-8-9(11)7-16(14(8)19)10-5-6-12(17)15-13(10)18;2*1-2/h2-4,10H,5-7H2,1H3,(H,15,17,18);2*1-2H3. The summed E-state index contributed by atoms with van der Waals surface area (Å²) in [4.78, 5) is 38.2. The number of rotatable bonds is 2. The van der Waals surface area contributed by atoms with E-state index in [1.54, 1.807) is 22.7 Å². The van der Waals surface area contributed by atoms with Gasteiger partial charge >= 0.3 is 0 Å². The number of hydrogen-bond acceptors (Lipinski definition) is 4. The van der Waals surface area contributed by atoms with Gasteiger partial charge in [0.2, 0.25) is 11.8 Å². The minimum absolute atomic E-state index is 0.120. The van der Waals surface area contributed by atoms with Gasteiger partial charge in [-0.1, -0.05) is 33.8 Å². The smallest absolute Gasteiger partial charge is 0.255 e. The van der Waals surface area contributed by atoms with Gasteiger partial charge in [-0.3, -0.25) is 19.7 Å². The zero-order valence-corrected chi connectivity index (χ0v) is 15.8. The molecular formula is C18H26N2O3S. The SMILES string of the molecule is CC.CC.CSc1cccc2c1CN(C1CCC(=O)NC1=O)C2=O. The van der Waals surface area contributed by atoms with Crippen LogP contribution < -0.4 is 5.32 Å². The summed E-state index contributed by atoms with van der Waals surface area (Å²) >= 11 is 1.59. The normalized spacial score (nSPS) is 18.8. The molecule has 2 aliphatic rings. The van der Waals surface area contributed by atoms with Gasteiger partial charge in [0.15, 0.2) is 0 Å². The van der Waals surface area contributed by atoms with E-state index >= 15 is 0 Å². The first-order chi connectivity index (χ1) is 11.6. The van der Waals surface area contributed by atoms with Crippen molar-refractivity contribution in [3.63, 3.8) is 0 Å². The number of imide groups is 1. The van der Waals surface area contributed by atoms with Crippen molar-refractivity contribution in [1.29, 1.82) is 0 Å². The van der Waals surface area contributed by atoms with Crippen molar-refractivity contribution in [3.05, 3.63) is 29.3 Å². The average molecular weight is 350 g/mol. The monoisotopic (exact) mass is 350 g/mol. The molecule has 1 N–H and O–H groups in total. The Balaban J connectivity index is 0.000000671. The average Bonchev–Trinajstić information content (AvgIpc) is 2.95. The van der Waals surface area contributed by atoms with E-state index in [4.69, 9.17) is 0 Å². The van der Waals surface area contributed by atoms with E-state index in [2.05, 4.69) is 5.32 Å². The van der Waals surface area contributed by atoms with Crippen molar-refractivity contribution in [2.75, 3.05) is 6.26 Å². The Bertz CT molecular complexity index is 616. The molecule has 1 fully saturated rings. The summed E-state index contributed by atoms with van der Waals surface area (Å²) in [6.45, 7) is 8.44. The predicted molar refractivity (Wildman–Crippen MR) is 97.0 cm³/mol. The maximum absolute atomic E-state index is 12.4. The number of amides is 3. The second-order valence-electron chi connectivity index (χ2n) is 4.89. The molecule has 0 radical (unpaired) electrons. The maximum atomic E-state index is 12.4. The number of nitrogens with zero attached hydrogens (tertiary/aromatic N) is 1. The van der Waals surface area contributed by atoms with E-state index in [0.717, 1.165) is 10.5 Å². The van der Waals surface area contributed by atoms with E-state index in [1.165, 1.54) is 0 Å². The van der Waals surface area contributed by atoms with Crippen molar-refractivity contribution >= 4 is 29.5 Å². The maximum Gasteiger partial charge on any atom is 0.255 e. The van der Waals surface area contributed by atoms with Crippen LogP contribution in [0.4, 0.5) is 0 Å². The minimum Gasteiger partial charge on any atom is -0.322 e. The van der Waals surface area contributed by atoms with Gasteiger partial charge in [0.25, 0.3) is 5.91 Å². The van der Waals surface area contributed by atoms with Crippen LogP contribution in [0.5, 0.6) is 0 Å². The van der Waals surface area contributed by atoms with Gasteiger partial charge in [-0.25, -0.2) is 0 Å². The lowest BCUT2D eigenvalue weighted by Crippen LogP contribution is -2.52. The van der Waals surface area contributed by atoms with Crippen LogP contribution in [0.15, 0.2) is 23.1 Å². The number of carbonyl (C=O) groups is 3. The highest BCUT2D eigenvalue weighted by atomic mass is 32.2. The molecule has 6 heteroatoms. The molecule has 24 heavy (non-hydrogen) atoms. The molecule has 0 aromatic heterocycles. The highest BCUT2D eigenvalue weighted by molar-refractivity contribution is 7.98. The molecule has 0 aliphatic carbocycles. The van der Waals surface area contributed by atoms with Crippen molar-refractivity contribution < 1.29 is 14.4 Å². The van der Waals surface area contributed by atoms with Gasteiger partial charge in [0.05, 0.1) is 0 Å². The summed E-state index contributed by atoms with van der Waals surface area (Å²) in [5, 5.41) is 2.31. The zero-order valence-electron chi connectivity index (χ0n) is 15.0. The molecular weight excluding hydrogens is 324 g/mol. The second kappa shape index (κ2) is 9.47. The summed E-state index contributed by atoms with van der Waals surface area (Å²) < 4.78 is 0. The number of carbonyl (C=O) groups excluding carboxylic acids is 3. The minimum atomic E-state index is -0.540. The summed E-state index contributed by atoms with van der Waals surface area (Å²) in [5.74, 6) is -0.751. The van der Waals surface area contributed by atoms with E-state index < -0.39 is 6.04 Å². The first-order valence-electron chi connectivity index (χ1n) is 8.42. The number of benzene rings is 1. The molecule has 1 atom stereocenters. The molecule has 3 amide bonds. The third-order valence-corrected chi connectivity index (χ3v) is 4.58. The molecule has 1 saturated heterocycles. The van der Waals surface area contributed by atoms with Gasteiger partial charge < -0.3 is 4.90 Å². The molecule has 2 heterocycles. The Kier molecular flexibility index (Phi) is 7.98. The molecule has 1 unspecified atom stereocenters. The van der Waals surface area contributed by atoms with Gasteiger partial charge in [0, 0.05) is 23.4 Å². The molecule has 2 aliphatic heterocycles. The molecule has 3 rings (SSSR count). The largest absolute Gasteiger partial charge is 0.322 e. The second-order valence-corrected chi connectivity index (χ2v) is 5.73. The Labute approximate surface area is 148 Å². The topological polar surface area (TPSA) is 66.5 Å². The Morgan fingerprint density at radius 2 is 1.79 bits per heavy atom. The molecule has 0 spiro atoms. The molecule has 1 aromatic carbocycles. The van der Waals surface area contributed by atoms with Crippen LogP contribution in [0.25, 0.3) is 0 Å². The number of piperidine rings is 1. The third kappa shape index (κ3) is 3.98. The number of fused-ring (bicyclic) bond motifs is 1. The van der Waals surface area contributed by atoms with E-state index in [-0.39, 0.29) is 24.1 Å². The lowest BCUT2D eigenvalue weighted by atomic mass is 10.0. The third-order valence-electron chi connectivity index (χ3n) is 3.76. The highest BCUT2D eigenvalue weighted by Gasteiger charge is 2.39. The number of hydrogen-bond donors (Lipinski definition) is 1. The van der Waals surface area contributed by atoms with Crippen LogP contribution in [0.3, 0.4) is 0 Å². The van der Waals surface area contributed by atoms with Crippen molar-refractivity contribution in [2.45, 2.75) is 58.0 Å². The quantitative estimate of drug-likeness (QED) is 0.657. The highest BCUT2D eigenvalue weighted by Crippen LogP contribution is 2.33. The van der Waals surface area contributed by atoms with Crippen LogP contribution >= 0.6 is 11.8 Å². The Hall–Kier alpha value is -1.82. The summed E-state index contributed by atoms with van der Waals surface area (Å²) in [6.07, 6.45) is 2.65. The fourth-order valence-corrected chi connectivity index (χ4v) is 3.38. The number of nitrogens with one attached hydrogen (secondary N) is 1. The van der Waals surface area contributed by atoms with Crippen LogP contribution in [-0.2, 0) is 16.1 Å². The van der Waals surface area contributed by atoms with Crippen LogP contribution in [-0.4, -0.2) is 34.9 Å². The van der Waals surface area contributed by atoms with E-state index in [0.29, 0.717) is 18.5 Å². The zero-order chi connectivity index (χ0) is 18.3. The Morgan fingerprint density at radius 3 is 2.38 bits per heavy atom. The van der Waals surface area contributed by atoms with Crippen molar-refractivity contribution in [1.82, 2.24) is 10.2 Å². The first kappa shape index (κ1) is 20.2. The molecule has 1 aromatic rings. The van der Waals surface area contributed by atoms with Crippen molar-refractivity contribution in [3.8, 4) is 0 Å². The summed E-state index contributed by atoms with van der Waals surface area (Å²) in [5.41, 5.74) is 1.65. The molecule has 0 saturated carbocycles. The Morgan fingerprint density at radius 1 is 1.12 bits per heavy atom. The van der Waals surface area contributed by atoms with E-state index in [9.17, 15) is 14.4 Å². The fourth-order valence-electron chi connectivity index (χ4n) is 2.75.